The number of aliphatic hydroxyl groups excluding tert-OH is 1. The number of nitrogens with zero attached hydrogens (tertiary/aromatic N) is 6. The van der Waals surface area contributed by atoms with Crippen LogP contribution in [0.25, 0.3) is 17.0 Å². The molecule has 28 heavy (non-hydrogen) atoms. The Bertz CT molecular complexity index is 1020. The van der Waals surface area contributed by atoms with Crippen LogP contribution in [0.15, 0.2) is 30.7 Å². The molecule has 8 nitrogen and oxygen atoms in total. The fourth-order valence-electron chi connectivity index (χ4n) is 3.61. The number of anilines is 1. The van der Waals surface area contributed by atoms with Crippen molar-refractivity contribution in [2.24, 2.45) is 0 Å². The summed E-state index contributed by atoms with van der Waals surface area (Å²) in [5, 5.41) is 13.5. The number of alkyl halides is 2. The molecule has 2 aliphatic rings. The minimum atomic E-state index is -2.67. The third kappa shape index (κ3) is 2.98. The molecule has 3 aromatic heterocycles. The minimum Gasteiger partial charge on any atom is -0.394 e. The monoisotopic (exact) mass is 388 g/mol. The van der Waals surface area contributed by atoms with Crippen molar-refractivity contribution in [1.82, 2.24) is 24.6 Å². The fourth-order valence-corrected chi connectivity index (χ4v) is 3.61. The van der Waals surface area contributed by atoms with Gasteiger partial charge in [0.1, 0.15) is 23.5 Å². The molecule has 1 N–H and O–H groups in total. The molecule has 1 aliphatic heterocycles. The number of fused-ring (bicyclic) bond motifs is 1. The zero-order valence-corrected chi connectivity index (χ0v) is 14.9. The first-order valence-electron chi connectivity index (χ1n) is 9.06. The van der Waals surface area contributed by atoms with Crippen molar-refractivity contribution >= 4 is 11.5 Å². The van der Waals surface area contributed by atoms with Crippen LogP contribution in [0, 0.1) is 0 Å². The Morgan fingerprint density at radius 2 is 2.11 bits per heavy atom. The van der Waals surface area contributed by atoms with E-state index in [1.165, 1.54) is 23.0 Å². The molecule has 2 fully saturated rings. The van der Waals surface area contributed by atoms with Crippen LogP contribution in [0.5, 0.6) is 0 Å². The Hall–Kier alpha value is -2.72. The van der Waals surface area contributed by atoms with Crippen LogP contribution in [-0.2, 0) is 4.74 Å². The Morgan fingerprint density at radius 1 is 1.25 bits per heavy atom. The van der Waals surface area contributed by atoms with E-state index in [0.717, 1.165) is 12.8 Å². The van der Waals surface area contributed by atoms with Gasteiger partial charge in [-0.3, -0.25) is 0 Å². The number of morpholine rings is 1. The van der Waals surface area contributed by atoms with Gasteiger partial charge in [-0.25, -0.2) is 28.2 Å². The summed E-state index contributed by atoms with van der Waals surface area (Å²) < 4.78 is 33.4. The summed E-state index contributed by atoms with van der Waals surface area (Å²) in [6.07, 6.45) is 1.99. The van der Waals surface area contributed by atoms with E-state index in [2.05, 4.69) is 25.0 Å². The summed E-state index contributed by atoms with van der Waals surface area (Å²) in [5.41, 5.74) is 0.981. The Labute approximate surface area is 158 Å². The third-order valence-electron chi connectivity index (χ3n) is 5.18. The van der Waals surface area contributed by atoms with E-state index in [9.17, 15) is 13.9 Å². The number of halogens is 2. The van der Waals surface area contributed by atoms with Crippen molar-refractivity contribution in [2.75, 3.05) is 24.6 Å². The summed E-state index contributed by atoms with van der Waals surface area (Å²) in [6.45, 7) is 1.17. The molecule has 0 radical (unpaired) electrons. The van der Waals surface area contributed by atoms with Crippen LogP contribution in [0.4, 0.5) is 14.6 Å². The van der Waals surface area contributed by atoms with Gasteiger partial charge in [-0.2, -0.15) is 5.10 Å². The molecule has 1 aliphatic carbocycles. The highest BCUT2D eigenvalue weighted by atomic mass is 19.3. The van der Waals surface area contributed by atoms with Crippen molar-refractivity contribution in [3.63, 3.8) is 0 Å². The highest BCUT2D eigenvalue weighted by Gasteiger charge is 2.50. The van der Waals surface area contributed by atoms with E-state index in [1.54, 1.807) is 12.3 Å². The third-order valence-corrected chi connectivity index (χ3v) is 5.18. The molecule has 1 spiro atoms. The first-order valence-corrected chi connectivity index (χ1v) is 9.06. The van der Waals surface area contributed by atoms with Gasteiger partial charge in [0.05, 0.1) is 30.2 Å². The van der Waals surface area contributed by atoms with E-state index in [1.807, 2.05) is 0 Å². The van der Waals surface area contributed by atoms with Crippen LogP contribution in [-0.4, -0.2) is 61.1 Å². The largest absolute Gasteiger partial charge is 0.394 e. The standard InChI is InChI=1S/C18H18F2N6O2/c19-17(20)12-1-2-15-21-6-14(26(15)24-12)13-5-16(23-10-22-13)25-7-11(8-27)28-18(9-25)3-4-18/h1-2,5-6,10-11,17,27H,3-4,7-9H2. The predicted molar refractivity (Wildman–Crippen MR) is 95.1 cm³/mol. The minimum absolute atomic E-state index is 0.0518. The van der Waals surface area contributed by atoms with Gasteiger partial charge in [0.2, 0.25) is 0 Å². The lowest BCUT2D eigenvalue weighted by Gasteiger charge is -2.38. The van der Waals surface area contributed by atoms with Gasteiger partial charge in [-0.05, 0) is 25.0 Å². The lowest BCUT2D eigenvalue weighted by Crippen LogP contribution is -2.50. The van der Waals surface area contributed by atoms with Crippen molar-refractivity contribution < 1.29 is 18.6 Å². The average molecular weight is 388 g/mol. The Kier molecular flexibility index (Phi) is 3.98. The molecule has 10 heteroatoms. The average Bonchev–Trinajstić information content (AvgIpc) is 3.31. The van der Waals surface area contributed by atoms with Gasteiger partial charge in [-0.1, -0.05) is 0 Å². The van der Waals surface area contributed by atoms with Gasteiger partial charge in [0, 0.05) is 19.2 Å². The van der Waals surface area contributed by atoms with Crippen molar-refractivity contribution in [3.05, 3.63) is 36.4 Å². The van der Waals surface area contributed by atoms with E-state index in [0.29, 0.717) is 35.9 Å². The smallest absolute Gasteiger partial charge is 0.282 e. The molecular formula is C18H18F2N6O2. The topological polar surface area (TPSA) is 88.7 Å². The predicted octanol–water partition coefficient (Wildman–Crippen LogP) is 1.85. The van der Waals surface area contributed by atoms with Gasteiger partial charge in [0.25, 0.3) is 6.43 Å². The van der Waals surface area contributed by atoms with Crippen LogP contribution in [0.3, 0.4) is 0 Å². The molecule has 4 heterocycles. The molecule has 1 saturated carbocycles. The quantitative estimate of drug-likeness (QED) is 0.730. The SMILES string of the molecule is OCC1CN(c2cc(-c3cnc4ccc(C(F)F)nn34)ncn2)CC2(CC2)O1. The molecule has 146 valence electrons. The molecule has 0 amide bonds. The van der Waals surface area contributed by atoms with E-state index in [-0.39, 0.29) is 24.0 Å². The second kappa shape index (κ2) is 6.42. The summed E-state index contributed by atoms with van der Waals surface area (Å²) in [5.74, 6) is 0.693. The molecule has 5 rings (SSSR count). The molecule has 1 unspecified atom stereocenters. The zero-order chi connectivity index (χ0) is 19.3. The van der Waals surface area contributed by atoms with Gasteiger partial charge in [-0.15, -0.1) is 0 Å². The summed E-state index contributed by atoms with van der Waals surface area (Å²) in [4.78, 5) is 15.0. The first kappa shape index (κ1) is 17.4. The molecule has 3 aromatic rings. The number of aromatic nitrogens is 5. The van der Waals surface area contributed by atoms with Crippen LogP contribution >= 0.6 is 0 Å². The van der Waals surface area contributed by atoms with Crippen LogP contribution < -0.4 is 4.90 Å². The maximum Gasteiger partial charge on any atom is 0.282 e. The molecule has 1 saturated heterocycles. The van der Waals surface area contributed by atoms with Crippen molar-refractivity contribution in [1.29, 1.82) is 0 Å². The number of rotatable bonds is 4. The van der Waals surface area contributed by atoms with E-state index < -0.39 is 6.43 Å². The summed E-state index contributed by atoms with van der Waals surface area (Å²) in [6, 6.07) is 4.56. The van der Waals surface area contributed by atoms with Crippen LogP contribution in [0.2, 0.25) is 0 Å². The second-order valence-electron chi connectivity index (χ2n) is 7.22. The maximum absolute atomic E-state index is 13.0. The molecular weight excluding hydrogens is 370 g/mol. The number of aliphatic hydroxyl groups is 1. The van der Waals surface area contributed by atoms with Gasteiger partial charge < -0.3 is 14.7 Å². The molecule has 0 bridgehead atoms. The highest BCUT2D eigenvalue weighted by Crippen LogP contribution is 2.44. The molecule has 0 aromatic carbocycles. The summed E-state index contributed by atoms with van der Waals surface area (Å²) >= 11 is 0. The van der Waals surface area contributed by atoms with Crippen molar-refractivity contribution in [2.45, 2.75) is 31.0 Å². The Balaban J connectivity index is 1.51. The lowest BCUT2D eigenvalue weighted by molar-refractivity contribution is -0.0660. The number of hydrogen-bond acceptors (Lipinski definition) is 7. The highest BCUT2D eigenvalue weighted by molar-refractivity contribution is 5.62. The lowest BCUT2D eigenvalue weighted by atomic mass is 10.2. The number of hydrogen-bond donors (Lipinski definition) is 1. The van der Waals surface area contributed by atoms with E-state index in [4.69, 9.17) is 4.74 Å². The Morgan fingerprint density at radius 3 is 2.86 bits per heavy atom. The second-order valence-corrected chi connectivity index (χ2v) is 7.22. The maximum atomic E-state index is 13.0. The number of imidazole rings is 1. The normalized spacial score (nSPS) is 21.0. The van der Waals surface area contributed by atoms with E-state index >= 15 is 0 Å². The number of ether oxygens (including phenoxy) is 1. The summed E-state index contributed by atoms with van der Waals surface area (Å²) in [7, 11) is 0. The zero-order valence-electron chi connectivity index (χ0n) is 14.9. The van der Waals surface area contributed by atoms with Crippen LogP contribution in [0.1, 0.15) is 25.0 Å². The fraction of sp³-hybridized carbons (Fsp3) is 0.444. The van der Waals surface area contributed by atoms with Gasteiger partial charge in [0.15, 0.2) is 5.65 Å². The molecule has 1 atom stereocenters. The van der Waals surface area contributed by atoms with Crippen molar-refractivity contribution in [3.8, 4) is 11.4 Å². The first-order chi connectivity index (χ1) is 13.6. The van der Waals surface area contributed by atoms with Gasteiger partial charge >= 0.3 is 0 Å².